The lowest BCUT2D eigenvalue weighted by Crippen LogP contribution is -2.15. The molecule has 0 fully saturated rings. The number of hydrogen-bond acceptors (Lipinski definition) is 5. The predicted octanol–water partition coefficient (Wildman–Crippen LogP) is 4.95. The average Bonchev–Trinajstić information content (AvgIpc) is 3.23. The molecule has 2 aromatic heterocycles. The Kier molecular flexibility index (Phi) is 5.73. The number of hydrogen-bond donors (Lipinski definition) is 2. The van der Waals surface area contributed by atoms with Crippen LogP contribution in [0.25, 0.3) is 10.8 Å². The van der Waals surface area contributed by atoms with Gasteiger partial charge in [0.25, 0.3) is 5.91 Å². The fourth-order valence-electron chi connectivity index (χ4n) is 3.17. The van der Waals surface area contributed by atoms with Crippen molar-refractivity contribution >= 4 is 34.1 Å². The van der Waals surface area contributed by atoms with Crippen LogP contribution in [-0.2, 0) is 16.6 Å². The third-order valence-electron chi connectivity index (χ3n) is 4.96. The molecule has 7 heteroatoms. The average molecular weight is 428 g/mol. The molecule has 2 aromatic carbocycles. The first kappa shape index (κ1) is 21.2. The van der Waals surface area contributed by atoms with Crippen LogP contribution in [0.15, 0.2) is 71.4 Å². The summed E-state index contributed by atoms with van der Waals surface area (Å²) in [6.07, 6.45) is 1.86. The highest BCUT2D eigenvalue weighted by atomic mass is 16.5. The van der Waals surface area contributed by atoms with Gasteiger partial charge in [0.05, 0.1) is 6.42 Å². The summed E-state index contributed by atoms with van der Waals surface area (Å²) in [6, 6.07) is 18.4. The molecule has 7 nitrogen and oxygen atoms in total. The molecule has 0 aliphatic carbocycles. The van der Waals surface area contributed by atoms with Gasteiger partial charge in [0.2, 0.25) is 5.91 Å². The van der Waals surface area contributed by atoms with Crippen molar-refractivity contribution in [1.82, 2.24) is 10.1 Å². The van der Waals surface area contributed by atoms with E-state index in [1.54, 1.807) is 42.6 Å². The van der Waals surface area contributed by atoms with E-state index < -0.39 is 0 Å². The monoisotopic (exact) mass is 428 g/mol. The Morgan fingerprint density at radius 1 is 0.938 bits per heavy atom. The molecular formula is C25H24N4O3. The molecule has 0 spiro atoms. The van der Waals surface area contributed by atoms with Crippen LogP contribution in [0.2, 0.25) is 0 Å². The summed E-state index contributed by atoms with van der Waals surface area (Å²) in [5.74, 6) is 0.610. The molecule has 2 heterocycles. The van der Waals surface area contributed by atoms with E-state index in [1.807, 2.05) is 45.0 Å². The molecule has 0 aliphatic heterocycles. The Labute approximate surface area is 185 Å². The molecule has 2 N–H and O–H groups in total. The molecule has 0 saturated carbocycles. The Balaban J connectivity index is 1.35. The lowest BCUT2D eigenvalue weighted by atomic mass is 9.93. The van der Waals surface area contributed by atoms with Crippen LogP contribution in [0.5, 0.6) is 0 Å². The Morgan fingerprint density at radius 2 is 1.66 bits per heavy atom. The number of rotatable bonds is 5. The molecule has 0 aliphatic rings. The summed E-state index contributed by atoms with van der Waals surface area (Å²) in [5, 5.41) is 11.4. The molecule has 0 atom stereocenters. The van der Waals surface area contributed by atoms with Gasteiger partial charge in [0.15, 0.2) is 5.82 Å². The highest BCUT2D eigenvalue weighted by Gasteiger charge is 2.20. The fourth-order valence-corrected chi connectivity index (χ4v) is 3.17. The first-order chi connectivity index (χ1) is 15.3. The zero-order valence-electron chi connectivity index (χ0n) is 18.2. The van der Waals surface area contributed by atoms with Gasteiger partial charge in [0.1, 0.15) is 11.5 Å². The first-order valence-electron chi connectivity index (χ1n) is 10.3. The number of anilines is 2. The van der Waals surface area contributed by atoms with E-state index in [2.05, 4.69) is 20.8 Å². The van der Waals surface area contributed by atoms with Gasteiger partial charge in [-0.2, -0.15) is 0 Å². The maximum atomic E-state index is 12.5. The van der Waals surface area contributed by atoms with Crippen molar-refractivity contribution in [1.29, 1.82) is 0 Å². The molecule has 0 radical (unpaired) electrons. The second kappa shape index (κ2) is 8.63. The highest BCUT2D eigenvalue weighted by Crippen LogP contribution is 2.24. The van der Waals surface area contributed by atoms with Crippen LogP contribution in [0, 0.1) is 0 Å². The third-order valence-corrected chi connectivity index (χ3v) is 4.96. The molecular weight excluding hydrogens is 404 g/mol. The maximum Gasteiger partial charge on any atom is 0.274 e. The fraction of sp³-hybridized carbons (Fsp3) is 0.200. The third kappa shape index (κ3) is 5.00. The molecule has 0 bridgehead atoms. The van der Waals surface area contributed by atoms with Gasteiger partial charge in [-0.25, -0.2) is 0 Å². The number of carbonyl (C=O) groups is 2. The quantitative estimate of drug-likeness (QED) is 0.469. The van der Waals surface area contributed by atoms with Crippen LogP contribution in [0.1, 0.15) is 42.6 Å². The van der Waals surface area contributed by atoms with E-state index in [0.717, 1.165) is 16.3 Å². The Bertz CT molecular complexity index is 1270. The molecule has 162 valence electrons. The smallest absolute Gasteiger partial charge is 0.274 e. The van der Waals surface area contributed by atoms with E-state index in [1.165, 1.54) is 0 Å². The van der Waals surface area contributed by atoms with Gasteiger partial charge in [0, 0.05) is 28.8 Å². The SMILES string of the molecule is CC(C)(C)c1cc(NC(=O)Cc2ccc(NC(=O)c3cc4ccccc4cn3)cc2)no1. The summed E-state index contributed by atoms with van der Waals surface area (Å²) >= 11 is 0. The topological polar surface area (TPSA) is 97.1 Å². The summed E-state index contributed by atoms with van der Waals surface area (Å²) in [6.45, 7) is 6.03. The van der Waals surface area contributed by atoms with Crippen LogP contribution >= 0.6 is 0 Å². The van der Waals surface area contributed by atoms with E-state index in [9.17, 15) is 9.59 Å². The van der Waals surface area contributed by atoms with E-state index in [-0.39, 0.29) is 23.7 Å². The van der Waals surface area contributed by atoms with Gasteiger partial charge in [-0.15, -0.1) is 0 Å². The Morgan fingerprint density at radius 3 is 2.34 bits per heavy atom. The maximum absolute atomic E-state index is 12.5. The predicted molar refractivity (Wildman–Crippen MR) is 124 cm³/mol. The minimum Gasteiger partial charge on any atom is -0.359 e. The Hall–Kier alpha value is -4.00. The number of pyridine rings is 1. The number of benzene rings is 2. The van der Waals surface area contributed by atoms with Crippen molar-refractivity contribution in [2.24, 2.45) is 0 Å². The molecule has 4 aromatic rings. The van der Waals surface area contributed by atoms with Gasteiger partial charge >= 0.3 is 0 Å². The first-order valence-corrected chi connectivity index (χ1v) is 10.3. The number of aromatic nitrogens is 2. The lowest BCUT2D eigenvalue weighted by molar-refractivity contribution is -0.115. The molecule has 32 heavy (non-hydrogen) atoms. The summed E-state index contributed by atoms with van der Waals surface area (Å²) < 4.78 is 5.28. The van der Waals surface area contributed by atoms with Gasteiger partial charge in [-0.05, 0) is 29.1 Å². The van der Waals surface area contributed by atoms with Crippen LogP contribution in [-0.4, -0.2) is 22.0 Å². The molecule has 0 saturated heterocycles. The number of nitrogens with zero attached hydrogens (tertiary/aromatic N) is 2. The van der Waals surface area contributed by atoms with Gasteiger partial charge in [-0.3, -0.25) is 14.6 Å². The van der Waals surface area contributed by atoms with Crippen molar-refractivity contribution < 1.29 is 14.1 Å². The van der Waals surface area contributed by atoms with Crippen LogP contribution in [0.3, 0.4) is 0 Å². The van der Waals surface area contributed by atoms with Gasteiger partial charge < -0.3 is 15.2 Å². The number of amides is 2. The zero-order chi connectivity index (χ0) is 22.7. The van der Waals surface area contributed by atoms with Crippen LogP contribution < -0.4 is 10.6 Å². The van der Waals surface area contributed by atoms with Crippen molar-refractivity contribution in [2.75, 3.05) is 10.6 Å². The zero-order valence-corrected chi connectivity index (χ0v) is 18.2. The summed E-state index contributed by atoms with van der Waals surface area (Å²) in [7, 11) is 0. The number of carbonyl (C=O) groups excluding carboxylic acids is 2. The second-order valence-electron chi connectivity index (χ2n) is 8.62. The minimum atomic E-state index is -0.290. The highest BCUT2D eigenvalue weighted by molar-refractivity contribution is 6.04. The van der Waals surface area contributed by atoms with E-state index >= 15 is 0 Å². The van der Waals surface area contributed by atoms with Crippen molar-refractivity contribution in [2.45, 2.75) is 32.6 Å². The summed E-state index contributed by atoms with van der Waals surface area (Å²) in [4.78, 5) is 29.1. The minimum absolute atomic E-state index is 0.179. The summed E-state index contributed by atoms with van der Waals surface area (Å²) in [5.41, 5.74) is 1.59. The largest absolute Gasteiger partial charge is 0.359 e. The van der Waals surface area contributed by atoms with Crippen LogP contribution in [0.4, 0.5) is 11.5 Å². The standard InChI is InChI=1S/C25H24N4O3/c1-25(2,3)21-14-22(29-32-21)28-23(30)12-16-8-10-19(11-9-16)27-24(31)20-13-17-6-4-5-7-18(17)15-26-20/h4-11,13-15H,12H2,1-3H3,(H,27,31)(H,28,29,30). The molecule has 0 unspecified atom stereocenters. The van der Waals surface area contributed by atoms with Crippen molar-refractivity contribution in [3.8, 4) is 0 Å². The molecule has 2 amide bonds. The van der Waals surface area contributed by atoms with E-state index in [0.29, 0.717) is 23.0 Å². The lowest BCUT2D eigenvalue weighted by Gasteiger charge is -2.12. The van der Waals surface area contributed by atoms with Crippen molar-refractivity contribution in [3.63, 3.8) is 0 Å². The van der Waals surface area contributed by atoms with Gasteiger partial charge in [-0.1, -0.05) is 62.3 Å². The second-order valence-corrected chi connectivity index (χ2v) is 8.62. The van der Waals surface area contributed by atoms with E-state index in [4.69, 9.17) is 4.52 Å². The number of fused-ring (bicyclic) bond motifs is 1. The van der Waals surface area contributed by atoms with Crippen molar-refractivity contribution in [3.05, 3.63) is 83.9 Å². The number of nitrogens with one attached hydrogen (secondary N) is 2. The normalized spacial score (nSPS) is 11.3. The molecule has 4 rings (SSSR count).